The fourth-order valence-corrected chi connectivity index (χ4v) is 4.88. The molecule has 0 atom stereocenters. The van der Waals surface area contributed by atoms with Gasteiger partial charge in [-0.3, -0.25) is 9.80 Å². The summed E-state index contributed by atoms with van der Waals surface area (Å²) in [6.07, 6.45) is 4.08. The average Bonchev–Trinajstić information content (AvgIpc) is 3.06. The van der Waals surface area contributed by atoms with E-state index in [0.717, 1.165) is 51.7 Å². The Morgan fingerprint density at radius 3 is 2.44 bits per heavy atom. The molecule has 1 spiro atoms. The molecule has 3 aliphatic rings. The second-order valence-electron chi connectivity index (χ2n) is 8.67. The zero-order valence-electron chi connectivity index (χ0n) is 16.9. The molecule has 27 heavy (non-hydrogen) atoms. The van der Waals surface area contributed by atoms with Gasteiger partial charge in [-0.25, -0.2) is 0 Å². The molecule has 5 heteroatoms. The molecule has 0 N–H and O–H groups in total. The molecule has 3 saturated heterocycles. The number of nitrogens with zero attached hydrogens (tertiary/aromatic N) is 3. The van der Waals surface area contributed by atoms with Crippen molar-refractivity contribution in [2.75, 3.05) is 72.7 Å². The minimum Gasteiger partial charge on any atom is -0.492 e. The van der Waals surface area contributed by atoms with Crippen LogP contribution in [-0.2, 0) is 11.3 Å². The van der Waals surface area contributed by atoms with Crippen LogP contribution >= 0.6 is 0 Å². The highest BCUT2D eigenvalue weighted by Gasteiger charge is 2.39. The van der Waals surface area contributed by atoms with E-state index in [2.05, 4.69) is 46.0 Å². The molecule has 0 amide bonds. The fourth-order valence-electron chi connectivity index (χ4n) is 4.88. The Morgan fingerprint density at radius 2 is 1.70 bits per heavy atom. The standard InChI is InChI=1S/C22H35N3O2/c1-23-9-6-22(19-23)7-10-25(11-8-22)18-20-4-2-3-5-21(20)27-17-14-24-12-15-26-16-13-24/h2-5H,6-19H2,1H3. The Labute approximate surface area is 164 Å². The van der Waals surface area contributed by atoms with Crippen LogP contribution in [-0.4, -0.2) is 87.4 Å². The number of hydrogen-bond acceptors (Lipinski definition) is 5. The molecule has 150 valence electrons. The van der Waals surface area contributed by atoms with Crippen LogP contribution in [0.5, 0.6) is 5.75 Å². The van der Waals surface area contributed by atoms with Crippen LogP contribution in [0.15, 0.2) is 24.3 Å². The van der Waals surface area contributed by atoms with E-state index in [1.54, 1.807) is 0 Å². The van der Waals surface area contributed by atoms with E-state index < -0.39 is 0 Å². The van der Waals surface area contributed by atoms with Crippen molar-refractivity contribution in [2.45, 2.75) is 25.8 Å². The number of likely N-dealkylation sites (tertiary alicyclic amines) is 2. The monoisotopic (exact) mass is 373 g/mol. The van der Waals surface area contributed by atoms with Gasteiger partial charge in [-0.15, -0.1) is 0 Å². The zero-order chi connectivity index (χ0) is 18.5. The number of piperidine rings is 1. The molecular formula is C22H35N3O2. The largest absolute Gasteiger partial charge is 0.492 e. The van der Waals surface area contributed by atoms with Crippen molar-refractivity contribution in [3.63, 3.8) is 0 Å². The molecule has 0 aliphatic carbocycles. The predicted octanol–water partition coefficient (Wildman–Crippen LogP) is 2.32. The van der Waals surface area contributed by atoms with E-state index >= 15 is 0 Å². The second kappa shape index (κ2) is 8.91. The van der Waals surface area contributed by atoms with Crippen molar-refractivity contribution >= 4 is 0 Å². The summed E-state index contributed by atoms with van der Waals surface area (Å²) in [5.41, 5.74) is 1.93. The summed E-state index contributed by atoms with van der Waals surface area (Å²) >= 11 is 0. The highest BCUT2D eigenvalue weighted by Crippen LogP contribution is 2.40. The highest BCUT2D eigenvalue weighted by molar-refractivity contribution is 5.33. The number of para-hydroxylation sites is 1. The summed E-state index contributed by atoms with van der Waals surface area (Å²) in [6, 6.07) is 8.60. The Morgan fingerprint density at radius 1 is 0.963 bits per heavy atom. The van der Waals surface area contributed by atoms with Crippen molar-refractivity contribution in [1.82, 2.24) is 14.7 Å². The van der Waals surface area contributed by atoms with Gasteiger partial charge in [0.05, 0.1) is 13.2 Å². The van der Waals surface area contributed by atoms with Crippen LogP contribution in [0.3, 0.4) is 0 Å². The number of hydrogen-bond donors (Lipinski definition) is 0. The van der Waals surface area contributed by atoms with E-state index in [4.69, 9.17) is 9.47 Å². The van der Waals surface area contributed by atoms with Gasteiger partial charge in [0.25, 0.3) is 0 Å². The van der Waals surface area contributed by atoms with Crippen LogP contribution in [0, 0.1) is 5.41 Å². The minimum atomic E-state index is 0.597. The Kier molecular flexibility index (Phi) is 6.33. The molecule has 0 radical (unpaired) electrons. The Balaban J connectivity index is 1.27. The van der Waals surface area contributed by atoms with Gasteiger partial charge in [0.15, 0.2) is 0 Å². The van der Waals surface area contributed by atoms with Gasteiger partial charge in [0.2, 0.25) is 0 Å². The number of ether oxygens (including phenoxy) is 2. The van der Waals surface area contributed by atoms with Gasteiger partial charge in [-0.1, -0.05) is 18.2 Å². The Bertz CT molecular complexity index is 595. The lowest BCUT2D eigenvalue weighted by Crippen LogP contribution is -2.41. The summed E-state index contributed by atoms with van der Waals surface area (Å²) in [5.74, 6) is 1.06. The molecule has 4 rings (SSSR count). The molecule has 0 unspecified atom stereocenters. The van der Waals surface area contributed by atoms with Crippen LogP contribution in [0.2, 0.25) is 0 Å². The van der Waals surface area contributed by atoms with Crippen molar-refractivity contribution in [3.8, 4) is 5.75 Å². The summed E-state index contributed by atoms with van der Waals surface area (Å²) in [7, 11) is 2.27. The van der Waals surface area contributed by atoms with E-state index in [9.17, 15) is 0 Å². The first kappa shape index (κ1) is 19.2. The Hall–Kier alpha value is -1.14. The lowest BCUT2D eigenvalue weighted by atomic mass is 9.77. The molecule has 5 nitrogen and oxygen atoms in total. The fraction of sp³-hybridized carbons (Fsp3) is 0.727. The van der Waals surface area contributed by atoms with Gasteiger partial charge in [0, 0.05) is 38.3 Å². The van der Waals surface area contributed by atoms with Crippen molar-refractivity contribution < 1.29 is 9.47 Å². The lowest BCUT2D eigenvalue weighted by molar-refractivity contribution is 0.0321. The highest BCUT2D eigenvalue weighted by atomic mass is 16.5. The predicted molar refractivity (Wildman–Crippen MR) is 108 cm³/mol. The van der Waals surface area contributed by atoms with Gasteiger partial charge >= 0.3 is 0 Å². The molecule has 3 aliphatic heterocycles. The summed E-state index contributed by atoms with van der Waals surface area (Å²) < 4.78 is 11.6. The van der Waals surface area contributed by atoms with Gasteiger partial charge < -0.3 is 14.4 Å². The van der Waals surface area contributed by atoms with Crippen molar-refractivity contribution in [3.05, 3.63) is 29.8 Å². The first-order valence-corrected chi connectivity index (χ1v) is 10.6. The third-order valence-electron chi connectivity index (χ3n) is 6.68. The topological polar surface area (TPSA) is 28.2 Å². The molecule has 3 fully saturated rings. The molecule has 0 bridgehead atoms. The molecule has 3 heterocycles. The number of morpholine rings is 1. The molecular weight excluding hydrogens is 338 g/mol. The van der Waals surface area contributed by atoms with Crippen molar-refractivity contribution in [2.24, 2.45) is 5.41 Å². The van der Waals surface area contributed by atoms with Gasteiger partial charge in [0.1, 0.15) is 12.4 Å². The third kappa shape index (κ3) is 5.02. The summed E-state index contributed by atoms with van der Waals surface area (Å²) in [5, 5.41) is 0. The summed E-state index contributed by atoms with van der Waals surface area (Å²) in [4.78, 5) is 7.55. The second-order valence-corrected chi connectivity index (χ2v) is 8.67. The number of rotatable bonds is 6. The smallest absolute Gasteiger partial charge is 0.123 e. The molecule has 0 saturated carbocycles. The van der Waals surface area contributed by atoms with E-state index in [1.807, 2.05) is 0 Å². The molecule has 1 aromatic rings. The molecule has 0 aromatic heterocycles. The minimum absolute atomic E-state index is 0.597. The maximum Gasteiger partial charge on any atom is 0.123 e. The quantitative estimate of drug-likeness (QED) is 0.763. The van der Waals surface area contributed by atoms with Gasteiger partial charge in [-0.2, -0.15) is 0 Å². The average molecular weight is 374 g/mol. The maximum atomic E-state index is 6.17. The van der Waals surface area contributed by atoms with E-state index in [0.29, 0.717) is 5.41 Å². The van der Waals surface area contributed by atoms with Crippen LogP contribution in [0.4, 0.5) is 0 Å². The zero-order valence-corrected chi connectivity index (χ0v) is 16.9. The SMILES string of the molecule is CN1CCC2(CCN(Cc3ccccc3OCCN3CCOCC3)CC2)C1. The number of benzene rings is 1. The van der Waals surface area contributed by atoms with Crippen LogP contribution in [0.1, 0.15) is 24.8 Å². The van der Waals surface area contributed by atoms with E-state index in [-0.39, 0.29) is 0 Å². The normalized spacial score (nSPS) is 24.5. The maximum absolute atomic E-state index is 6.17. The first-order chi connectivity index (χ1) is 13.2. The van der Waals surface area contributed by atoms with Crippen LogP contribution < -0.4 is 4.74 Å². The van der Waals surface area contributed by atoms with Crippen molar-refractivity contribution in [1.29, 1.82) is 0 Å². The van der Waals surface area contributed by atoms with Gasteiger partial charge in [-0.05, 0) is 57.4 Å². The first-order valence-electron chi connectivity index (χ1n) is 10.6. The summed E-state index contributed by atoms with van der Waals surface area (Å²) in [6.45, 7) is 11.5. The van der Waals surface area contributed by atoms with Crippen LogP contribution in [0.25, 0.3) is 0 Å². The third-order valence-corrected chi connectivity index (χ3v) is 6.68. The lowest BCUT2D eigenvalue weighted by Gasteiger charge is -2.39. The molecule has 1 aromatic carbocycles. The van der Waals surface area contributed by atoms with E-state index in [1.165, 1.54) is 51.0 Å².